The van der Waals surface area contributed by atoms with Crippen molar-refractivity contribution in [1.29, 1.82) is 0 Å². The minimum Gasteiger partial charge on any atom is -0.493 e. The Morgan fingerprint density at radius 3 is 2.48 bits per heavy atom. The van der Waals surface area contributed by atoms with Crippen molar-refractivity contribution in [3.8, 4) is 17.2 Å². The maximum atomic E-state index is 12.7. The van der Waals surface area contributed by atoms with Gasteiger partial charge in [-0.3, -0.25) is 0 Å². The van der Waals surface area contributed by atoms with Gasteiger partial charge in [-0.25, -0.2) is 9.48 Å². The molecule has 9 nitrogen and oxygen atoms in total. The van der Waals surface area contributed by atoms with E-state index in [1.807, 2.05) is 13.0 Å². The van der Waals surface area contributed by atoms with Crippen LogP contribution in [0.5, 0.6) is 17.2 Å². The molecule has 2 heterocycles. The third-order valence-electron chi connectivity index (χ3n) is 4.47. The molecule has 3 rings (SSSR count). The van der Waals surface area contributed by atoms with Gasteiger partial charge in [0, 0.05) is 11.3 Å². The number of methoxy groups -OCH3 is 4. The largest absolute Gasteiger partial charge is 0.493 e. The van der Waals surface area contributed by atoms with Crippen molar-refractivity contribution in [3.05, 3.63) is 35.3 Å². The molecule has 0 radical (unpaired) electrons. The number of carbonyl (C=O) groups is 1. The van der Waals surface area contributed by atoms with E-state index in [1.54, 1.807) is 17.9 Å². The number of nitrogens with one attached hydrogen (secondary N) is 1. The highest BCUT2D eigenvalue weighted by atomic mass is 16.5. The molecule has 2 aromatic rings. The first-order valence-corrected chi connectivity index (χ1v) is 8.37. The van der Waals surface area contributed by atoms with Gasteiger partial charge in [0.25, 0.3) is 0 Å². The molecule has 1 aromatic heterocycles. The topological polar surface area (TPSA) is 96.7 Å². The van der Waals surface area contributed by atoms with Crippen LogP contribution in [0.2, 0.25) is 0 Å². The van der Waals surface area contributed by atoms with Crippen LogP contribution < -0.4 is 19.5 Å². The fraction of sp³-hybridized carbons (Fsp3) is 0.389. The Balaban J connectivity index is 2.30. The lowest BCUT2D eigenvalue weighted by Crippen LogP contribution is -2.30. The molecular weight excluding hydrogens is 352 g/mol. The maximum absolute atomic E-state index is 12.7. The second-order valence-electron chi connectivity index (χ2n) is 5.72. The Hall–Kier alpha value is -3.23. The van der Waals surface area contributed by atoms with Crippen LogP contribution in [0.4, 0.5) is 5.95 Å². The van der Waals surface area contributed by atoms with E-state index < -0.39 is 12.0 Å². The van der Waals surface area contributed by atoms with Gasteiger partial charge < -0.3 is 24.3 Å². The Labute approximate surface area is 156 Å². The van der Waals surface area contributed by atoms with Crippen LogP contribution in [0.3, 0.4) is 0 Å². The number of nitrogens with zero attached hydrogens (tertiary/aromatic N) is 3. The summed E-state index contributed by atoms with van der Waals surface area (Å²) in [6, 6.07) is 2.98. The van der Waals surface area contributed by atoms with Crippen molar-refractivity contribution in [3.63, 3.8) is 0 Å². The number of hydrogen-bond acceptors (Lipinski definition) is 8. The SMILES string of the molecule is CCC1=C(C(=O)OC)C(c2ccc(OC)c(OC)c2OC)n2ncnc2N1. The van der Waals surface area contributed by atoms with E-state index in [0.717, 1.165) is 0 Å². The van der Waals surface area contributed by atoms with Gasteiger partial charge in [-0.2, -0.15) is 10.1 Å². The lowest BCUT2D eigenvalue weighted by molar-refractivity contribution is -0.136. The highest BCUT2D eigenvalue weighted by molar-refractivity contribution is 5.92. The van der Waals surface area contributed by atoms with Crippen LogP contribution in [0.1, 0.15) is 24.9 Å². The molecule has 0 fully saturated rings. The molecule has 0 bridgehead atoms. The van der Waals surface area contributed by atoms with Crippen LogP contribution in [0, 0.1) is 0 Å². The third-order valence-corrected chi connectivity index (χ3v) is 4.47. The van der Waals surface area contributed by atoms with Crippen LogP contribution >= 0.6 is 0 Å². The average molecular weight is 374 g/mol. The van der Waals surface area contributed by atoms with Crippen molar-refractivity contribution in [2.45, 2.75) is 19.4 Å². The monoisotopic (exact) mass is 374 g/mol. The average Bonchev–Trinajstić information content (AvgIpc) is 3.18. The molecule has 1 unspecified atom stereocenters. The molecule has 0 amide bonds. The van der Waals surface area contributed by atoms with Gasteiger partial charge >= 0.3 is 5.97 Å². The highest BCUT2D eigenvalue weighted by Gasteiger charge is 2.37. The van der Waals surface area contributed by atoms with E-state index in [-0.39, 0.29) is 0 Å². The minimum absolute atomic E-state index is 0.431. The van der Waals surface area contributed by atoms with Crippen LogP contribution in [-0.2, 0) is 9.53 Å². The zero-order chi connectivity index (χ0) is 19.6. The van der Waals surface area contributed by atoms with Gasteiger partial charge in [0.2, 0.25) is 11.7 Å². The van der Waals surface area contributed by atoms with E-state index in [1.165, 1.54) is 27.7 Å². The number of anilines is 1. The van der Waals surface area contributed by atoms with Crippen molar-refractivity contribution < 1.29 is 23.7 Å². The summed E-state index contributed by atoms with van der Waals surface area (Å²) in [6.45, 7) is 1.94. The quantitative estimate of drug-likeness (QED) is 0.769. The van der Waals surface area contributed by atoms with Gasteiger partial charge in [-0.1, -0.05) is 6.92 Å². The summed E-state index contributed by atoms with van der Waals surface area (Å²) in [5, 5.41) is 7.45. The van der Waals surface area contributed by atoms with Gasteiger partial charge in [0.05, 0.1) is 34.0 Å². The molecule has 1 aliphatic rings. The number of carbonyl (C=O) groups excluding carboxylic acids is 1. The van der Waals surface area contributed by atoms with Crippen molar-refractivity contribution in [1.82, 2.24) is 14.8 Å². The number of rotatable bonds is 6. The molecule has 0 spiro atoms. The summed E-state index contributed by atoms with van der Waals surface area (Å²) in [5.41, 5.74) is 1.82. The minimum atomic E-state index is -0.596. The standard InChI is InChI=1S/C18H22N4O5/c1-6-11-13(17(23)27-5)14(22-18(21-11)19-9-20-22)10-7-8-12(24-2)16(26-4)15(10)25-3/h7-9,14H,6H2,1-5H3,(H,19,20,21). The van der Waals surface area contributed by atoms with Crippen molar-refractivity contribution in [2.75, 3.05) is 33.8 Å². The molecule has 9 heteroatoms. The number of aromatic nitrogens is 3. The van der Waals surface area contributed by atoms with Gasteiger partial charge in [-0.05, 0) is 18.6 Å². The molecule has 27 heavy (non-hydrogen) atoms. The Kier molecular flexibility index (Phi) is 5.20. The van der Waals surface area contributed by atoms with Crippen LogP contribution in [-0.4, -0.2) is 49.2 Å². The maximum Gasteiger partial charge on any atom is 0.338 e. The first-order chi connectivity index (χ1) is 13.1. The number of fused-ring (bicyclic) bond motifs is 1. The molecule has 0 saturated heterocycles. The second-order valence-corrected chi connectivity index (χ2v) is 5.72. The van der Waals surface area contributed by atoms with E-state index in [0.29, 0.717) is 46.5 Å². The lowest BCUT2D eigenvalue weighted by atomic mass is 9.93. The van der Waals surface area contributed by atoms with Gasteiger partial charge in [-0.15, -0.1) is 0 Å². The number of allylic oxidation sites excluding steroid dienone is 1. The van der Waals surface area contributed by atoms with Crippen molar-refractivity contribution >= 4 is 11.9 Å². The predicted molar refractivity (Wildman–Crippen MR) is 97.2 cm³/mol. The Morgan fingerprint density at radius 1 is 1.15 bits per heavy atom. The highest BCUT2D eigenvalue weighted by Crippen LogP contribution is 2.46. The Bertz CT molecular complexity index is 890. The molecule has 1 N–H and O–H groups in total. The first kappa shape index (κ1) is 18.6. The van der Waals surface area contributed by atoms with Gasteiger partial charge in [0.1, 0.15) is 12.4 Å². The zero-order valence-corrected chi connectivity index (χ0v) is 15.9. The van der Waals surface area contributed by atoms with E-state index in [2.05, 4.69) is 15.4 Å². The fourth-order valence-electron chi connectivity index (χ4n) is 3.27. The molecular formula is C18H22N4O5. The zero-order valence-electron chi connectivity index (χ0n) is 15.9. The second kappa shape index (κ2) is 7.56. The number of benzene rings is 1. The van der Waals surface area contributed by atoms with Crippen molar-refractivity contribution in [2.24, 2.45) is 0 Å². The molecule has 0 aliphatic carbocycles. The third kappa shape index (κ3) is 2.94. The van der Waals surface area contributed by atoms with E-state index in [4.69, 9.17) is 18.9 Å². The smallest absolute Gasteiger partial charge is 0.338 e. The summed E-state index contributed by atoms with van der Waals surface area (Å²) in [6.07, 6.45) is 2.01. The fourth-order valence-corrected chi connectivity index (χ4v) is 3.27. The number of ether oxygens (including phenoxy) is 4. The number of esters is 1. The first-order valence-electron chi connectivity index (χ1n) is 8.37. The van der Waals surface area contributed by atoms with E-state index >= 15 is 0 Å². The van der Waals surface area contributed by atoms with Gasteiger partial charge in [0.15, 0.2) is 11.5 Å². The molecule has 144 valence electrons. The Morgan fingerprint density at radius 2 is 1.89 bits per heavy atom. The summed E-state index contributed by atoms with van der Waals surface area (Å²) in [7, 11) is 5.96. The molecule has 1 aliphatic heterocycles. The lowest BCUT2D eigenvalue weighted by Gasteiger charge is -2.30. The summed E-state index contributed by atoms with van der Waals surface area (Å²) in [4.78, 5) is 16.9. The molecule has 0 saturated carbocycles. The summed E-state index contributed by atoms with van der Waals surface area (Å²) in [5.74, 6) is 1.47. The van der Waals surface area contributed by atoms with E-state index in [9.17, 15) is 4.79 Å². The normalized spacial score (nSPS) is 15.7. The van der Waals surface area contributed by atoms with Crippen LogP contribution in [0.25, 0.3) is 0 Å². The molecule has 1 aromatic carbocycles. The summed E-state index contributed by atoms with van der Waals surface area (Å²) >= 11 is 0. The number of hydrogen-bond donors (Lipinski definition) is 1. The summed E-state index contributed by atoms with van der Waals surface area (Å²) < 4.78 is 23.1. The molecule has 1 atom stereocenters. The van der Waals surface area contributed by atoms with Crippen LogP contribution in [0.15, 0.2) is 29.7 Å². The predicted octanol–water partition coefficient (Wildman–Crippen LogP) is 2.16.